The van der Waals surface area contributed by atoms with Crippen molar-refractivity contribution in [1.29, 1.82) is 0 Å². The smallest absolute Gasteiger partial charge is 0.322 e. The van der Waals surface area contributed by atoms with E-state index < -0.39 is 11.3 Å². The summed E-state index contributed by atoms with van der Waals surface area (Å²) in [4.78, 5) is 12.8. The molecule has 1 heterocycles. The lowest BCUT2D eigenvalue weighted by atomic mass is 9.99. The molecular formula is C13H16ClNO2. The highest BCUT2D eigenvalue weighted by atomic mass is 35.5. The van der Waals surface area contributed by atoms with E-state index in [4.69, 9.17) is 16.7 Å². The minimum absolute atomic E-state index is 0.431. The number of hydrogen-bond acceptors (Lipinski definition) is 2. The Kier molecular flexibility index (Phi) is 4.02. The summed E-state index contributed by atoms with van der Waals surface area (Å²) in [6.07, 6.45) is 1.08. The van der Waals surface area contributed by atoms with Crippen LogP contribution in [-0.2, 0) is 4.79 Å². The van der Waals surface area contributed by atoms with Crippen molar-refractivity contribution in [1.82, 2.24) is 4.90 Å². The van der Waals surface area contributed by atoms with E-state index in [1.54, 1.807) is 0 Å². The molecule has 1 N–H and O–H groups in total. The summed E-state index contributed by atoms with van der Waals surface area (Å²) in [5.74, 6) is -0.427. The Morgan fingerprint density at radius 2 is 2.18 bits per heavy atom. The van der Waals surface area contributed by atoms with E-state index in [0.29, 0.717) is 12.5 Å². The van der Waals surface area contributed by atoms with Crippen LogP contribution in [0.5, 0.6) is 0 Å². The number of nitrogens with zero attached hydrogens (tertiary/aromatic N) is 1. The summed E-state index contributed by atoms with van der Waals surface area (Å²) < 4.78 is 0. The molecule has 17 heavy (non-hydrogen) atoms. The van der Waals surface area contributed by atoms with E-state index in [9.17, 15) is 4.79 Å². The molecule has 92 valence electrons. The maximum Gasteiger partial charge on any atom is 0.322 e. The molecule has 1 aromatic rings. The molecule has 0 aliphatic carbocycles. The molecule has 1 fully saturated rings. The van der Waals surface area contributed by atoms with E-state index in [1.807, 2.05) is 18.2 Å². The van der Waals surface area contributed by atoms with Gasteiger partial charge in [-0.2, -0.15) is 0 Å². The Morgan fingerprint density at radius 3 is 2.82 bits per heavy atom. The number of rotatable bonds is 4. The van der Waals surface area contributed by atoms with Crippen LogP contribution < -0.4 is 0 Å². The number of aliphatic carboxylic acids is 1. The largest absolute Gasteiger partial charge is 0.480 e. The molecule has 1 aromatic carbocycles. The maximum absolute atomic E-state index is 10.7. The van der Waals surface area contributed by atoms with Crippen LogP contribution in [0.3, 0.4) is 0 Å². The first-order valence-electron chi connectivity index (χ1n) is 5.81. The minimum Gasteiger partial charge on any atom is -0.480 e. The normalized spacial score (nSPS) is 22.5. The first kappa shape index (κ1) is 12.4. The number of halogens is 1. The minimum atomic E-state index is -0.935. The van der Waals surface area contributed by atoms with Gasteiger partial charge in [-0.1, -0.05) is 30.3 Å². The zero-order valence-corrected chi connectivity index (χ0v) is 10.3. The van der Waals surface area contributed by atoms with Crippen molar-refractivity contribution in [2.45, 2.75) is 17.7 Å². The number of hydrogen-bond donors (Lipinski definition) is 1. The van der Waals surface area contributed by atoms with Crippen LogP contribution in [0.4, 0.5) is 0 Å². The highest BCUT2D eigenvalue weighted by Crippen LogP contribution is 2.27. The summed E-state index contributed by atoms with van der Waals surface area (Å²) in [5, 5.41) is 7.97. The van der Waals surface area contributed by atoms with Crippen LogP contribution in [0.25, 0.3) is 0 Å². The van der Waals surface area contributed by atoms with E-state index >= 15 is 0 Å². The third-order valence-corrected chi connectivity index (χ3v) is 3.55. The van der Waals surface area contributed by atoms with Crippen LogP contribution in [-0.4, -0.2) is 41.0 Å². The summed E-state index contributed by atoms with van der Waals surface area (Å²) >= 11 is 5.75. The van der Waals surface area contributed by atoms with Gasteiger partial charge in [0.1, 0.15) is 5.38 Å². The van der Waals surface area contributed by atoms with Gasteiger partial charge >= 0.3 is 5.97 Å². The fraction of sp³-hybridized carbons (Fsp3) is 0.462. The van der Waals surface area contributed by atoms with Crippen molar-refractivity contribution >= 4 is 17.6 Å². The standard InChI is InChI=1S/C13H16ClNO2/c14-12(13(16)17)9-15-7-6-11(8-15)10-4-2-1-3-5-10/h1-5,11-12H,6-9H2,(H,16,17). The van der Waals surface area contributed by atoms with Gasteiger partial charge in [0.25, 0.3) is 0 Å². The zero-order valence-electron chi connectivity index (χ0n) is 9.55. The van der Waals surface area contributed by atoms with Gasteiger partial charge in [0, 0.05) is 13.1 Å². The number of carboxylic acids is 1. The van der Waals surface area contributed by atoms with E-state index in [0.717, 1.165) is 19.5 Å². The van der Waals surface area contributed by atoms with Gasteiger partial charge in [0.2, 0.25) is 0 Å². The van der Waals surface area contributed by atoms with Crippen molar-refractivity contribution in [2.24, 2.45) is 0 Å². The lowest BCUT2D eigenvalue weighted by Gasteiger charge is -2.17. The molecule has 0 amide bonds. The lowest BCUT2D eigenvalue weighted by molar-refractivity contribution is -0.136. The monoisotopic (exact) mass is 253 g/mol. The summed E-state index contributed by atoms with van der Waals surface area (Å²) in [7, 11) is 0. The Labute approximate surface area is 106 Å². The third kappa shape index (κ3) is 3.20. The van der Waals surface area contributed by atoms with Gasteiger partial charge in [0.15, 0.2) is 0 Å². The summed E-state index contributed by atoms with van der Waals surface area (Å²) in [5.41, 5.74) is 1.33. The first-order chi connectivity index (χ1) is 8.16. The lowest BCUT2D eigenvalue weighted by Crippen LogP contribution is -2.32. The molecule has 3 nitrogen and oxygen atoms in total. The van der Waals surface area contributed by atoms with Crippen LogP contribution in [0, 0.1) is 0 Å². The predicted molar refractivity (Wildman–Crippen MR) is 67.5 cm³/mol. The number of carboxylic acid groups (broad SMARTS) is 1. The average Bonchev–Trinajstić information content (AvgIpc) is 2.78. The molecule has 0 radical (unpaired) electrons. The van der Waals surface area contributed by atoms with Crippen molar-refractivity contribution in [3.05, 3.63) is 35.9 Å². The third-order valence-electron chi connectivity index (χ3n) is 3.23. The summed E-state index contributed by atoms with van der Waals surface area (Å²) in [6.45, 7) is 2.26. The molecule has 1 aliphatic heterocycles. The van der Waals surface area contributed by atoms with Crippen LogP contribution in [0.2, 0.25) is 0 Å². The number of carbonyl (C=O) groups is 1. The van der Waals surface area contributed by atoms with Crippen molar-refractivity contribution in [3.8, 4) is 0 Å². The number of likely N-dealkylation sites (tertiary alicyclic amines) is 1. The fourth-order valence-corrected chi connectivity index (χ4v) is 2.50. The first-order valence-corrected chi connectivity index (χ1v) is 6.24. The quantitative estimate of drug-likeness (QED) is 0.836. The molecular weight excluding hydrogens is 238 g/mol. The molecule has 4 heteroatoms. The van der Waals surface area contributed by atoms with Crippen molar-refractivity contribution in [3.63, 3.8) is 0 Å². The molecule has 1 aliphatic rings. The summed E-state index contributed by atoms with van der Waals surface area (Å²) in [6, 6.07) is 10.3. The Bertz CT molecular complexity index is 382. The second kappa shape index (κ2) is 5.52. The predicted octanol–water partition coefficient (Wildman–Crippen LogP) is 2.17. The second-order valence-corrected chi connectivity index (χ2v) is 4.99. The number of benzene rings is 1. The van der Waals surface area contributed by atoms with E-state index in [2.05, 4.69) is 17.0 Å². The van der Waals surface area contributed by atoms with Crippen LogP contribution in [0.15, 0.2) is 30.3 Å². The highest BCUT2D eigenvalue weighted by molar-refractivity contribution is 6.29. The number of alkyl halides is 1. The van der Waals surface area contributed by atoms with E-state index in [1.165, 1.54) is 5.56 Å². The van der Waals surface area contributed by atoms with Crippen molar-refractivity contribution in [2.75, 3.05) is 19.6 Å². The molecule has 2 atom stereocenters. The average molecular weight is 254 g/mol. The maximum atomic E-state index is 10.7. The molecule has 0 saturated carbocycles. The van der Waals surface area contributed by atoms with Crippen molar-refractivity contribution < 1.29 is 9.90 Å². The molecule has 0 bridgehead atoms. The molecule has 2 unspecified atom stereocenters. The van der Waals surface area contributed by atoms with Crippen LogP contribution >= 0.6 is 11.6 Å². The molecule has 1 saturated heterocycles. The molecule has 0 aromatic heterocycles. The van der Waals surface area contributed by atoms with Gasteiger partial charge in [0.05, 0.1) is 0 Å². The topological polar surface area (TPSA) is 40.5 Å². The highest BCUT2D eigenvalue weighted by Gasteiger charge is 2.26. The Balaban J connectivity index is 1.90. The zero-order chi connectivity index (χ0) is 12.3. The second-order valence-electron chi connectivity index (χ2n) is 4.46. The molecule has 2 rings (SSSR count). The molecule has 0 spiro atoms. The fourth-order valence-electron chi connectivity index (χ4n) is 2.30. The Hall–Kier alpha value is -1.06. The van der Waals surface area contributed by atoms with Gasteiger partial charge in [-0.25, -0.2) is 0 Å². The van der Waals surface area contributed by atoms with Gasteiger partial charge in [-0.15, -0.1) is 11.6 Å². The van der Waals surface area contributed by atoms with Crippen LogP contribution in [0.1, 0.15) is 17.9 Å². The SMILES string of the molecule is O=C(O)C(Cl)CN1CCC(c2ccccc2)C1. The van der Waals surface area contributed by atoms with Gasteiger partial charge < -0.3 is 10.0 Å². The Morgan fingerprint density at radius 1 is 1.47 bits per heavy atom. The van der Waals surface area contributed by atoms with Gasteiger partial charge in [-0.05, 0) is 24.4 Å². The van der Waals surface area contributed by atoms with E-state index in [-0.39, 0.29) is 0 Å². The van der Waals surface area contributed by atoms with Gasteiger partial charge in [-0.3, -0.25) is 4.79 Å².